The summed E-state index contributed by atoms with van der Waals surface area (Å²) < 4.78 is 0. The second-order valence-electron chi connectivity index (χ2n) is 6.56. The number of amides is 3. The fraction of sp³-hybridized carbons (Fsp3) is 0.150. The summed E-state index contributed by atoms with van der Waals surface area (Å²) in [5, 5.41) is 14.8. The van der Waals surface area contributed by atoms with Crippen LogP contribution in [-0.2, 0) is 9.59 Å². The number of benzene rings is 2. The number of carbonyl (C=O) groups is 3. The van der Waals surface area contributed by atoms with Crippen LogP contribution in [0.4, 0.5) is 11.4 Å². The summed E-state index contributed by atoms with van der Waals surface area (Å²) >= 11 is 0. The van der Waals surface area contributed by atoms with Crippen LogP contribution in [0.5, 0.6) is 0 Å². The minimum absolute atomic E-state index is 0.0819. The molecule has 4 rings (SSSR count). The Bertz CT molecular complexity index is 1050. The van der Waals surface area contributed by atoms with Gasteiger partial charge in [-0.15, -0.1) is 0 Å². The standard InChI is InChI=1S/C20H18N6O3/c27-17(23-13-7-5-12(6-8-13)18-21-11-22-26-18)10-9-16-20(29)24-15-4-2-1-3-14(15)19(28)25-16/h1-8,11,16H,9-10H2,(H,23,27)(H,24,29)(H,25,28)(H,21,22,26)/t16-/m0/s1. The molecule has 1 aliphatic heterocycles. The molecule has 29 heavy (non-hydrogen) atoms. The van der Waals surface area contributed by atoms with Crippen LogP contribution >= 0.6 is 0 Å². The van der Waals surface area contributed by atoms with Crippen molar-refractivity contribution in [2.45, 2.75) is 18.9 Å². The molecule has 0 spiro atoms. The molecule has 2 heterocycles. The maximum atomic E-state index is 12.4. The third-order valence-electron chi connectivity index (χ3n) is 4.57. The zero-order valence-electron chi connectivity index (χ0n) is 15.3. The van der Waals surface area contributed by atoms with Crippen LogP contribution in [0.3, 0.4) is 0 Å². The summed E-state index contributed by atoms with van der Waals surface area (Å²) in [5.74, 6) is -0.292. The maximum Gasteiger partial charge on any atom is 0.254 e. The quantitative estimate of drug-likeness (QED) is 0.529. The molecule has 146 valence electrons. The second kappa shape index (κ2) is 7.93. The number of nitrogens with one attached hydrogen (secondary N) is 4. The summed E-state index contributed by atoms with van der Waals surface area (Å²) in [4.78, 5) is 41.0. The molecule has 1 aliphatic rings. The van der Waals surface area contributed by atoms with Gasteiger partial charge in [-0.25, -0.2) is 4.98 Å². The molecule has 0 saturated carbocycles. The van der Waals surface area contributed by atoms with Gasteiger partial charge in [0.25, 0.3) is 5.91 Å². The number of aromatic amines is 1. The van der Waals surface area contributed by atoms with Gasteiger partial charge in [-0.2, -0.15) is 5.10 Å². The fourth-order valence-corrected chi connectivity index (χ4v) is 3.07. The summed E-state index contributed by atoms with van der Waals surface area (Å²) in [7, 11) is 0. The number of aromatic nitrogens is 3. The van der Waals surface area contributed by atoms with Crippen LogP contribution in [0.25, 0.3) is 11.4 Å². The van der Waals surface area contributed by atoms with Crippen molar-refractivity contribution < 1.29 is 14.4 Å². The predicted molar refractivity (Wildman–Crippen MR) is 106 cm³/mol. The summed E-state index contributed by atoms with van der Waals surface area (Å²) in [6.07, 6.45) is 1.69. The van der Waals surface area contributed by atoms with E-state index in [4.69, 9.17) is 0 Å². The lowest BCUT2D eigenvalue weighted by atomic mass is 10.1. The van der Waals surface area contributed by atoms with E-state index in [0.717, 1.165) is 5.56 Å². The molecule has 0 fully saturated rings. The van der Waals surface area contributed by atoms with E-state index in [2.05, 4.69) is 31.1 Å². The van der Waals surface area contributed by atoms with Gasteiger partial charge >= 0.3 is 0 Å². The van der Waals surface area contributed by atoms with Crippen molar-refractivity contribution in [3.05, 3.63) is 60.4 Å². The fourth-order valence-electron chi connectivity index (χ4n) is 3.07. The smallest absolute Gasteiger partial charge is 0.254 e. The van der Waals surface area contributed by atoms with Gasteiger partial charge in [0.1, 0.15) is 12.4 Å². The largest absolute Gasteiger partial charge is 0.340 e. The van der Waals surface area contributed by atoms with E-state index < -0.39 is 6.04 Å². The van der Waals surface area contributed by atoms with E-state index in [-0.39, 0.29) is 30.6 Å². The Morgan fingerprint density at radius 1 is 1.07 bits per heavy atom. The Morgan fingerprint density at radius 2 is 1.86 bits per heavy atom. The zero-order valence-corrected chi connectivity index (χ0v) is 15.3. The van der Waals surface area contributed by atoms with Gasteiger partial charge in [-0.3, -0.25) is 19.5 Å². The Labute approximate surface area is 165 Å². The molecule has 1 aromatic heterocycles. The SMILES string of the molecule is O=C(CC[C@@H]1NC(=O)c2ccccc2NC1=O)Nc1ccc(-c2ncn[nH]2)cc1. The van der Waals surface area contributed by atoms with E-state index in [9.17, 15) is 14.4 Å². The maximum absolute atomic E-state index is 12.4. The van der Waals surface area contributed by atoms with E-state index in [1.165, 1.54) is 6.33 Å². The first-order valence-electron chi connectivity index (χ1n) is 9.06. The molecule has 4 N–H and O–H groups in total. The summed E-state index contributed by atoms with van der Waals surface area (Å²) in [6, 6.07) is 13.1. The van der Waals surface area contributed by atoms with Crippen molar-refractivity contribution in [1.29, 1.82) is 0 Å². The topological polar surface area (TPSA) is 129 Å². The van der Waals surface area contributed by atoms with Crippen molar-refractivity contribution in [2.75, 3.05) is 10.6 Å². The number of nitrogens with zero attached hydrogens (tertiary/aromatic N) is 2. The molecular formula is C20H18N6O3. The lowest BCUT2D eigenvalue weighted by molar-refractivity contribution is -0.118. The highest BCUT2D eigenvalue weighted by Gasteiger charge is 2.27. The van der Waals surface area contributed by atoms with Crippen molar-refractivity contribution in [3.63, 3.8) is 0 Å². The predicted octanol–water partition coefficient (Wildman–Crippen LogP) is 1.94. The van der Waals surface area contributed by atoms with Crippen LogP contribution in [0, 0.1) is 0 Å². The molecule has 0 bridgehead atoms. The molecule has 0 saturated heterocycles. The third-order valence-corrected chi connectivity index (χ3v) is 4.57. The number of rotatable bonds is 5. The lowest BCUT2D eigenvalue weighted by Crippen LogP contribution is -2.41. The Balaban J connectivity index is 1.34. The van der Waals surface area contributed by atoms with Gasteiger partial charge in [0, 0.05) is 17.7 Å². The number of hydrogen-bond donors (Lipinski definition) is 4. The summed E-state index contributed by atoms with van der Waals surface area (Å²) in [5.41, 5.74) is 2.34. The first kappa shape index (κ1) is 18.4. The molecule has 2 aromatic carbocycles. The Kier molecular flexibility index (Phi) is 5.02. The highest BCUT2D eigenvalue weighted by Crippen LogP contribution is 2.20. The number of fused-ring (bicyclic) bond motifs is 1. The van der Waals surface area contributed by atoms with Crippen LogP contribution < -0.4 is 16.0 Å². The normalized spacial score (nSPS) is 15.7. The van der Waals surface area contributed by atoms with Crippen molar-refractivity contribution in [2.24, 2.45) is 0 Å². The second-order valence-corrected chi connectivity index (χ2v) is 6.56. The minimum atomic E-state index is -0.783. The van der Waals surface area contributed by atoms with Crippen LogP contribution in [0.2, 0.25) is 0 Å². The van der Waals surface area contributed by atoms with Gasteiger partial charge < -0.3 is 16.0 Å². The minimum Gasteiger partial charge on any atom is -0.340 e. The highest BCUT2D eigenvalue weighted by atomic mass is 16.2. The van der Waals surface area contributed by atoms with Crippen LogP contribution in [0.15, 0.2) is 54.9 Å². The molecular weight excluding hydrogens is 372 g/mol. The number of anilines is 2. The van der Waals surface area contributed by atoms with Gasteiger partial charge in [0.15, 0.2) is 5.82 Å². The highest BCUT2D eigenvalue weighted by molar-refractivity contribution is 6.10. The van der Waals surface area contributed by atoms with Gasteiger partial charge in [-0.05, 0) is 42.8 Å². The molecule has 0 radical (unpaired) electrons. The van der Waals surface area contributed by atoms with Crippen molar-refractivity contribution >= 4 is 29.1 Å². The van der Waals surface area contributed by atoms with Crippen molar-refractivity contribution in [3.8, 4) is 11.4 Å². The molecule has 9 nitrogen and oxygen atoms in total. The zero-order chi connectivity index (χ0) is 20.2. The van der Waals surface area contributed by atoms with Gasteiger partial charge in [0.2, 0.25) is 11.8 Å². The van der Waals surface area contributed by atoms with E-state index in [1.807, 2.05) is 12.1 Å². The van der Waals surface area contributed by atoms with Gasteiger partial charge in [0.05, 0.1) is 11.3 Å². The molecule has 3 amide bonds. The average molecular weight is 390 g/mol. The third kappa shape index (κ3) is 4.13. The molecule has 3 aromatic rings. The first-order chi connectivity index (χ1) is 14.1. The average Bonchev–Trinajstić information content (AvgIpc) is 3.23. The van der Waals surface area contributed by atoms with Crippen LogP contribution in [0.1, 0.15) is 23.2 Å². The molecule has 9 heteroatoms. The van der Waals surface area contributed by atoms with Crippen molar-refractivity contribution in [1.82, 2.24) is 20.5 Å². The first-order valence-corrected chi connectivity index (χ1v) is 9.06. The van der Waals surface area contributed by atoms with E-state index in [0.29, 0.717) is 22.8 Å². The van der Waals surface area contributed by atoms with E-state index in [1.54, 1.807) is 36.4 Å². The number of carbonyl (C=O) groups excluding carboxylic acids is 3. The Hall–Kier alpha value is -4.01. The van der Waals surface area contributed by atoms with E-state index >= 15 is 0 Å². The molecule has 1 atom stereocenters. The number of hydrogen-bond acceptors (Lipinski definition) is 5. The lowest BCUT2D eigenvalue weighted by Gasteiger charge is -2.14. The van der Waals surface area contributed by atoms with Crippen LogP contribution in [-0.4, -0.2) is 38.9 Å². The monoisotopic (exact) mass is 390 g/mol. The molecule has 0 unspecified atom stereocenters. The number of para-hydroxylation sites is 1. The Morgan fingerprint density at radius 3 is 2.62 bits per heavy atom. The summed E-state index contributed by atoms with van der Waals surface area (Å²) in [6.45, 7) is 0. The molecule has 0 aliphatic carbocycles. The van der Waals surface area contributed by atoms with Gasteiger partial charge in [-0.1, -0.05) is 12.1 Å². The number of H-pyrrole nitrogens is 1.